The molecule has 29 heavy (non-hydrogen) atoms. The van der Waals surface area contributed by atoms with Crippen molar-refractivity contribution in [3.63, 3.8) is 0 Å². The first-order valence-electron chi connectivity index (χ1n) is 9.27. The summed E-state index contributed by atoms with van der Waals surface area (Å²) in [7, 11) is 3.92. The van der Waals surface area contributed by atoms with Gasteiger partial charge in [-0.25, -0.2) is 0 Å². The molecule has 146 valence electrons. The smallest absolute Gasteiger partial charge is 0.278 e. The second kappa shape index (κ2) is 7.67. The maximum Gasteiger partial charge on any atom is 0.278 e. The monoisotopic (exact) mass is 387 g/mol. The molecule has 0 radical (unpaired) electrons. The van der Waals surface area contributed by atoms with Crippen LogP contribution < -0.4 is 10.2 Å². The van der Waals surface area contributed by atoms with E-state index in [1.807, 2.05) is 73.6 Å². The third-order valence-corrected chi connectivity index (χ3v) is 4.78. The number of imide groups is 1. The highest BCUT2D eigenvalue weighted by Gasteiger charge is 2.39. The molecule has 0 aliphatic carbocycles. The Labute approximate surface area is 169 Å². The number of anilines is 2. The zero-order valence-electron chi connectivity index (χ0n) is 16.3. The van der Waals surface area contributed by atoms with Crippen LogP contribution in [-0.4, -0.2) is 30.8 Å². The van der Waals surface area contributed by atoms with E-state index in [1.54, 1.807) is 12.1 Å². The molecule has 0 saturated heterocycles. The highest BCUT2D eigenvalue weighted by Crippen LogP contribution is 2.31. The number of nitrogens with one attached hydrogen (secondary N) is 1. The lowest BCUT2D eigenvalue weighted by atomic mass is 10.0. The molecule has 1 aromatic heterocycles. The van der Waals surface area contributed by atoms with Gasteiger partial charge < -0.3 is 14.6 Å². The van der Waals surface area contributed by atoms with Crippen LogP contribution in [0.4, 0.5) is 11.4 Å². The fraction of sp³-hybridized carbons (Fsp3) is 0.130. The van der Waals surface area contributed by atoms with Crippen molar-refractivity contribution in [1.29, 1.82) is 0 Å². The lowest BCUT2D eigenvalue weighted by Crippen LogP contribution is -2.31. The second-order valence-corrected chi connectivity index (χ2v) is 6.96. The van der Waals surface area contributed by atoms with Crippen LogP contribution >= 0.6 is 0 Å². The minimum atomic E-state index is -0.373. The normalized spacial score (nSPS) is 13.9. The molecule has 0 spiro atoms. The number of amides is 2. The molecule has 1 N–H and O–H groups in total. The Morgan fingerprint density at radius 1 is 0.897 bits per heavy atom. The molecule has 0 saturated carbocycles. The van der Waals surface area contributed by atoms with Gasteiger partial charge in [0.25, 0.3) is 11.8 Å². The summed E-state index contributed by atoms with van der Waals surface area (Å²) in [6.45, 7) is 0.0890. The SMILES string of the molecule is CN(C)c1ccc(NC2=C(c3ccccc3)C(=O)N(Cc3ccco3)C2=O)cc1. The molecule has 1 aliphatic heterocycles. The number of benzene rings is 2. The van der Waals surface area contributed by atoms with E-state index in [2.05, 4.69) is 5.32 Å². The Balaban J connectivity index is 1.70. The van der Waals surface area contributed by atoms with Crippen molar-refractivity contribution in [2.75, 3.05) is 24.3 Å². The van der Waals surface area contributed by atoms with Crippen molar-refractivity contribution in [1.82, 2.24) is 4.90 Å². The van der Waals surface area contributed by atoms with Crippen molar-refractivity contribution in [2.45, 2.75) is 6.54 Å². The number of hydrogen-bond acceptors (Lipinski definition) is 5. The van der Waals surface area contributed by atoms with E-state index < -0.39 is 0 Å². The minimum Gasteiger partial charge on any atom is -0.467 e. The standard InChI is InChI=1S/C23H21N3O3/c1-25(2)18-12-10-17(11-13-18)24-21-20(16-7-4-3-5-8-16)22(27)26(23(21)28)15-19-9-6-14-29-19/h3-14,24H,15H2,1-2H3. The van der Waals surface area contributed by atoms with Crippen molar-refractivity contribution in [3.8, 4) is 0 Å². The molecule has 3 aromatic rings. The van der Waals surface area contributed by atoms with Gasteiger partial charge in [-0.3, -0.25) is 14.5 Å². The van der Waals surface area contributed by atoms with E-state index in [9.17, 15) is 9.59 Å². The third-order valence-electron chi connectivity index (χ3n) is 4.78. The van der Waals surface area contributed by atoms with Gasteiger partial charge in [-0.1, -0.05) is 30.3 Å². The van der Waals surface area contributed by atoms with Gasteiger partial charge in [-0.05, 0) is 42.0 Å². The molecule has 6 heteroatoms. The molecule has 0 fully saturated rings. The van der Waals surface area contributed by atoms with E-state index in [4.69, 9.17) is 4.42 Å². The topological polar surface area (TPSA) is 65.8 Å². The van der Waals surface area contributed by atoms with Gasteiger partial charge in [0.1, 0.15) is 11.5 Å². The Kier molecular flexibility index (Phi) is 4.91. The largest absolute Gasteiger partial charge is 0.467 e. The van der Waals surface area contributed by atoms with Crippen LogP contribution in [0.5, 0.6) is 0 Å². The van der Waals surface area contributed by atoms with Gasteiger partial charge >= 0.3 is 0 Å². The first-order valence-corrected chi connectivity index (χ1v) is 9.27. The highest BCUT2D eigenvalue weighted by atomic mass is 16.3. The quantitative estimate of drug-likeness (QED) is 0.653. The summed E-state index contributed by atoms with van der Waals surface area (Å²) < 4.78 is 5.33. The van der Waals surface area contributed by atoms with Gasteiger partial charge in [-0.15, -0.1) is 0 Å². The average Bonchev–Trinajstić information content (AvgIpc) is 3.32. The van der Waals surface area contributed by atoms with E-state index in [-0.39, 0.29) is 24.1 Å². The Bertz CT molecular complexity index is 1050. The van der Waals surface area contributed by atoms with Crippen LogP contribution in [0.3, 0.4) is 0 Å². The summed E-state index contributed by atoms with van der Waals surface area (Å²) >= 11 is 0. The highest BCUT2D eigenvalue weighted by molar-refractivity contribution is 6.36. The Hall–Kier alpha value is -3.80. The van der Waals surface area contributed by atoms with Crippen LogP contribution in [0.2, 0.25) is 0 Å². The number of rotatable bonds is 6. The van der Waals surface area contributed by atoms with Crippen LogP contribution in [0.15, 0.2) is 83.1 Å². The Morgan fingerprint density at radius 3 is 2.24 bits per heavy atom. The van der Waals surface area contributed by atoms with Crippen LogP contribution in [0, 0.1) is 0 Å². The number of carbonyl (C=O) groups excluding carboxylic acids is 2. The summed E-state index contributed by atoms with van der Waals surface area (Å²) in [5, 5.41) is 3.16. The molecule has 6 nitrogen and oxygen atoms in total. The second-order valence-electron chi connectivity index (χ2n) is 6.96. The first-order chi connectivity index (χ1) is 14.0. The van der Waals surface area contributed by atoms with Gasteiger partial charge in [0.2, 0.25) is 0 Å². The fourth-order valence-electron chi connectivity index (χ4n) is 3.25. The van der Waals surface area contributed by atoms with Crippen LogP contribution in [0.1, 0.15) is 11.3 Å². The average molecular weight is 387 g/mol. The number of carbonyl (C=O) groups is 2. The molecule has 2 aromatic carbocycles. The maximum atomic E-state index is 13.1. The Morgan fingerprint density at radius 2 is 1.62 bits per heavy atom. The van der Waals surface area contributed by atoms with Gasteiger partial charge in [0.15, 0.2) is 0 Å². The zero-order chi connectivity index (χ0) is 20.4. The molecule has 4 rings (SSSR count). The van der Waals surface area contributed by atoms with Crippen LogP contribution in [-0.2, 0) is 16.1 Å². The van der Waals surface area contributed by atoms with Gasteiger partial charge in [0.05, 0.1) is 18.4 Å². The number of furan rings is 1. The summed E-state index contributed by atoms with van der Waals surface area (Å²) in [4.78, 5) is 29.5. The molecule has 0 bridgehead atoms. The van der Waals surface area contributed by atoms with Crippen molar-refractivity contribution < 1.29 is 14.0 Å². The predicted octanol–water partition coefficient (Wildman–Crippen LogP) is 3.74. The summed E-state index contributed by atoms with van der Waals surface area (Å²) in [6.07, 6.45) is 1.53. The molecular weight excluding hydrogens is 366 g/mol. The molecule has 1 aliphatic rings. The van der Waals surface area contributed by atoms with E-state index in [0.717, 1.165) is 11.4 Å². The fourth-order valence-corrected chi connectivity index (χ4v) is 3.25. The van der Waals surface area contributed by atoms with Gasteiger partial charge in [-0.2, -0.15) is 0 Å². The first kappa shape index (κ1) is 18.6. The van der Waals surface area contributed by atoms with Crippen molar-refractivity contribution in [3.05, 3.63) is 90.0 Å². The number of nitrogens with zero attached hydrogens (tertiary/aromatic N) is 2. The van der Waals surface area contributed by atoms with Gasteiger partial charge in [0, 0.05) is 25.5 Å². The third kappa shape index (κ3) is 3.65. The minimum absolute atomic E-state index is 0.0890. The van der Waals surface area contributed by atoms with Crippen molar-refractivity contribution in [2.24, 2.45) is 0 Å². The predicted molar refractivity (Wildman–Crippen MR) is 112 cm³/mol. The molecule has 0 atom stereocenters. The molecule has 2 amide bonds. The van der Waals surface area contributed by atoms with E-state index >= 15 is 0 Å². The molecule has 2 heterocycles. The summed E-state index contributed by atoms with van der Waals surface area (Å²) in [5.41, 5.74) is 3.10. The number of hydrogen-bond donors (Lipinski definition) is 1. The van der Waals surface area contributed by atoms with Crippen LogP contribution in [0.25, 0.3) is 5.57 Å². The van der Waals surface area contributed by atoms with Crippen molar-refractivity contribution >= 4 is 28.8 Å². The summed E-state index contributed by atoms with van der Waals surface area (Å²) in [6, 6.07) is 20.4. The maximum absolute atomic E-state index is 13.1. The van der Waals surface area contributed by atoms with E-state index in [0.29, 0.717) is 16.9 Å². The summed E-state index contributed by atoms with van der Waals surface area (Å²) in [5.74, 6) is -0.164. The molecule has 0 unspecified atom stereocenters. The lowest BCUT2D eigenvalue weighted by molar-refractivity contribution is -0.137. The lowest BCUT2D eigenvalue weighted by Gasteiger charge is -2.15. The zero-order valence-corrected chi connectivity index (χ0v) is 16.3. The molecular formula is C23H21N3O3. The van der Waals surface area contributed by atoms with E-state index in [1.165, 1.54) is 11.2 Å².